The highest BCUT2D eigenvalue weighted by atomic mass is 32.2. The van der Waals surface area contributed by atoms with Gasteiger partial charge in [-0.2, -0.15) is 11.8 Å². The highest BCUT2D eigenvalue weighted by Crippen LogP contribution is 2.39. The van der Waals surface area contributed by atoms with Crippen molar-refractivity contribution in [3.05, 3.63) is 10.4 Å². The van der Waals surface area contributed by atoms with Crippen LogP contribution in [0.5, 0.6) is 0 Å². The van der Waals surface area contributed by atoms with Crippen LogP contribution in [-0.4, -0.2) is 43.1 Å². The lowest BCUT2D eigenvalue weighted by Gasteiger charge is -2.27. The number of esters is 1. The number of nitrogens with two attached hydrogens (primary N) is 2. The maximum Gasteiger partial charge on any atom is 0.350 e. The lowest BCUT2D eigenvalue weighted by atomic mass is 10.2. The second kappa shape index (κ2) is 6.36. The van der Waals surface area contributed by atoms with Crippen LogP contribution in [0.2, 0.25) is 0 Å². The zero-order valence-electron chi connectivity index (χ0n) is 11.2. The molecule has 1 aromatic rings. The fraction of sp³-hybridized carbons (Fsp3) is 0.500. The van der Waals surface area contributed by atoms with E-state index in [1.807, 2.05) is 11.8 Å². The zero-order chi connectivity index (χ0) is 14.7. The van der Waals surface area contributed by atoms with E-state index in [0.717, 1.165) is 24.6 Å². The Kier molecular flexibility index (Phi) is 4.77. The number of hydrogen-bond acceptors (Lipinski definition) is 7. The van der Waals surface area contributed by atoms with Gasteiger partial charge in [-0.15, -0.1) is 11.3 Å². The molecule has 1 aliphatic rings. The fourth-order valence-corrected chi connectivity index (χ4v) is 4.08. The van der Waals surface area contributed by atoms with Crippen LogP contribution in [0.1, 0.15) is 27.0 Å². The highest BCUT2D eigenvalue weighted by Gasteiger charge is 2.28. The summed E-state index contributed by atoms with van der Waals surface area (Å²) in [5.74, 6) is 0.841. The quantitative estimate of drug-likeness (QED) is 0.809. The van der Waals surface area contributed by atoms with Crippen molar-refractivity contribution >= 4 is 45.7 Å². The molecule has 8 heteroatoms. The first kappa shape index (κ1) is 15.0. The molecule has 1 saturated heterocycles. The third-order valence-corrected chi connectivity index (χ3v) is 5.12. The van der Waals surface area contributed by atoms with Crippen LogP contribution < -0.4 is 16.4 Å². The summed E-state index contributed by atoms with van der Waals surface area (Å²) < 4.78 is 4.96. The number of hydrogen-bond donors (Lipinski definition) is 2. The molecule has 6 nitrogen and oxygen atoms in total. The van der Waals surface area contributed by atoms with E-state index in [2.05, 4.69) is 4.90 Å². The van der Waals surface area contributed by atoms with Gasteiger partial charge in [-0.1, -0.05) is 0 Å². The number of amides is 1. The topological polar surface area (TPSA) is 98.6 Å². The van der Waals surface area contributed by atoms with E-state index >= 15 is 0 Å². The van der Waals surface area contributed by atoms with E-state index in [0.29, 0.717) is 5.00 Å². The third-order valence-electron chi connectivity index (χ3n) is 2.93. The molecule has 1 aromatic heterocycles. The largest absolute Gasteiger partial charge is 0.462 e. The average molecular weight is 315 g/mol. The minimum atomic E-state index is -0.609. The van der Waals surface area contributed by atoms with E-state index in [4.69, 9.17) is 16.2 Å². The Morgan fingerprint density at radius 2 is 2.00 bits per heavy atom. The molecule has 20 heavy (non-hydrogen) atoms. The summed E-state index contributed by atoms with van der Waals surface area (Å²) >= 11 is 3.04. The van der Waals surface area contributed by atoms with Crippen molar-refractivity contribution in [3.63, 3.8) is 0 Å². The standard InChI is InChI=1S/C12H17N3O3S2/c1-2-18-12(17)9-8(13)7(10(14)16)11(20-9)15-3-5-19-6-4-15/h2-6,13H2,1H3,(H2,14,16). The van der Waals surface area contributed by atoms with Crippen LogP contribution in [0.4, 0.5) is 10.7 Å². The maximum absolute atomic E-state index is 11.9. The number of anilines is 2. The molecule has 0 aromatic carbocycles. The van der Waals surface area contributed by atoms with Crippen LogP contribution >= 0.6 is 23.1 Å². The van der Waals surface area contributed by atoms with Gasteiger partial charge in [0.25, 0.3) is 5.91 Å². The SMILES string of the molecule is CCOC(=O)c1sc(N2CCSCC2)c(C(N)=O)c1N. The lowest BCUT2D eigenvalue weighted by molar-refractivity contribution is 0.0533. The normalized spacial score (nSPS) is 15.2. The summed E-state index contributed by atoms with van der Waals surface area (Å²) in [6.07, 6.45) is 0. The van der Waals surface area contributed by atoms with Crippen molar-refractivity contribution < 1.29 is 14.3 Å². The van der Waals surface area contributed by atoms with E-state index < -0.39 is 11.9 Å². The van der Waals surface area contributed by atoms with Crippen molar-refractivity contribution in [2.24, 2.45) is 5.73 Å². The first-order valence-corrected chi connectivity index (χ1v) is 8.25. The molecule has 1 aliphatic heterocycles. The first-order valence-electron chi connectivity index (χ1n) is 6.28. The Hall–Kier alpha value is -1.41. The Balaban J connectivity index is 2.41. The Bertz CT molecular complexity index is 524. The molecule has 0 unspecified atom stereocenters. The van der Waals surface area contributed by atoms with Gasteiger partial charge in [-0.05, 0) is 6.92 Å². The Labute approximate surface area is 125 Å². The molecule has 4 N–H and O–H groups in total. The molecule has 1 fully saturated rings. The number of nitrogens with zero attached hydrogens (tertiary/aromatic N) is 1. The predicted molar refractivity (Wildman–Crippen MR) is 82.7 cm³/mol. The van der Waals surface area contributed by atoms with E-state index in [1.165, 1.54) is 11.3 Å². The van der Waals surface area contributed by atoms with Crippen LogP contribution in [0.25, 0.3) is 0 Å². The summed E-state index contributed by atoms with van der Waals surface area (Å²) in [6.45, 7) is 3.61. The molecule has 0 bridgehead atoms. The molecule has 0 radical (unpaired) electrons. The average Bonchev–Trinajstić information content (AvgIpc) is 2.78. The number of thiophene rings is 1. The smallest absolute Gasteiger partial charge is 0.350 e. The van der Waals surface area contributed by atoms with Gasteiger partial charge >= 0.3 is 5.97 Å². The molecule has 1 amide bonds. The summed E-state index contributed by atoms with van der Waals surface area (Å²) in [6, 6.07) is 0. The van der Waals surface area contributed by atoms with Crippen molar-refractivity contribution in [1.29, 1.82) is 0 Å². The zero-order valence-corrected chi connectivity index (χ0v) is 12.8. The summed E-state index contributed by atoms with van der Waals surface area (Å²) in [7, 11) is 0. The van der Waals surface area contributed by atoms with Crippen molar-refractivity contribution in [2.45, 2.75) is 6.92 Å². The van der Waals surface area contributed by atoms with Gasteiger partial charge in [0.15, 0.2) is 0 Å². The molecule has 0 atom stereocenters. The third kappa shape index (κ3) is 2.85. The van der Waals surface area contributed by atoms with Gasteiger partial charge in [0.05, 0.1) is 17.9 Å². The lowest BCUT2D eigenvalue weighted by Crippen LogP contribution is -2.33. The predicted octanol–water partition coefficient (Wildman–Crippen LogP) is 1.16. The van der Waals surface area contributed by atoms with Gasteiger partial charge in [0.1, 0.15) is 9.88 Å². The molecule has 2 rings (SSSR count). The maximum atomic E-state index is 11.9. The molecular formula is C12H17N3O3S2. The van der Waals surface area contributed by atoms with Crippen molar-refractivity contribution in [3.8, 4) is 0 Å². The first-order chi connectivity index (χ1) is 9.56. The number of thioether (sulfide) groups is 1. The number of rotatable bonds is 4. The number of primary amides is 1. The van der Waals surface area contributed by atoms with Crippen molar-refractivity contribution in [2.75, 3.05) is 41.8 Å². The van der Waals surface area contributed by atoms with Crippen LogP contribution in [0.3, 0.4) is 0 Å². The molecule has 2 heterocycles. The van der Waals surface area contributed by atoms with E-state index in [9.17, 15) is 9.59 Å². The molecule has 0 saturated carbocycles. The number of nitrogen functional groups attached to an aromatic ring is 1. The molecule has 0 spiro atoms. The highest BCUT2D eigenvalue weighted by molar-refractivity contribution is 7.99. The Morgan fingerprint density at radius 3 is 2.55 bits per heavy atom. The van der Waals surface area contributed by atoms with E-state index in [1.54, 1.807) is 6.92 Å². The van der Waals surface area contributed by atoms with Gasteiger partial charge < -0.3 is 21.1 Å². The second-order valence-corrected chi connectivity index (χ2v) is 6.43. The summed E-state index contributed by atoms with van der Waals surface area (Å²) in [4.78, 5) is 25.8. The van der Waals surface area contributed by atoms with Crippen LogP contribution in [-0.2, 0) is 4.74 Å². The fourth-order valence-electron chi connectivity index (χ4n) is 2.01. The van der Waals surface area contributed by atoms with Gasteiger partial charge in [-0.3, -0.25) is 4.79 Å². The van der Waals surface area contributed by atoms with Crippen LogP contribution in [0.15, 0.2) is 0 Å². The Morgan fingerprint density at radius 1 is 1.35 bits per heavy atom. The second-order valence-electron chi connectivity index (χ2n) is 4.21. The number of carbonyl (C=O) groups excluding carboxylic acids is 2. The monoisotopic (exact) mass is 315 g/mol. The summed E-state index contributed by atoms with van der Waals surface area (Å²) in [5, 5.41) is 0.679. The minimum Gasteiger partial charge on any atom is -0.462 e. The van der Waals surface area contributed by atoms with E-state index in [-0.39, 0.29) is 22.7 Å². The molecular weight excluding hydrogens is 298 g/mol. The molecule has 110 valence electrons. The van der Waals surface area contributed by atoms with Gasteiger partial charge in [-0.25, -0.2) is 4.79 Å². The minimum absolute atomic E-state index is 0.133. The van der Waals surface area contributed by atoms with Crippen molar-refractivity contribution in [1.82, 2.24) is 0 Å². The van der Waals surface area contributed by atoms with Gasteiger partial charge in [0, 0.05) is 24.6 Å². The van der Waals surface area contributed by atoms with Gasteiger partial charge in [0.2, 0.25) is 0 Å². The molecule has 0 aliphatic carbocycles. The summed E-state index contributed by atoms with van der Waals surface area (Å²) in [5.41, 5.74) is 11.7. The number of ether oxygens (including phenoxy) is 1. The number of carbonyl (C=O) groups is 2. The van der Waals surface area contributed by atoms with Crippen LogP contribution in [0, 0.1) is 0 Å².